The van der Waals surface area contributed by atoms with Crippen molar-refractivity contribution in [2.75, 3.05) is 0 Å². The smallest absolute Gasteiger partial charge is 0.0467 e. The molecule has 1 aliphatic rings. The van der Waals surface area contributed by atoms with Crippen LogP contribution in [-0.4, -0.2) is 11.0 Å². The van der Waals surface area contributed by atoms with E-state index in [1.165, 1.54) is 24.1 Å². The van der Waals surface area contributed by atoms with Crippen LogP contribution in [0, 0.1) is 0 Å². The Hall–Kier alpha value is -0.890. The van der Waals surface area contributed by atoms with E-state index in [1.807, 2.05) is 12.3 Å². The first kappa shape index (κ1) is 8.70. The molecule has 2 heteroatoms. The number of hydrogen-bond acceptors (Lipinski definition) is 2. The highest BCUT2D eigenvalue weighted by molar-refractivity contribution is 5.28. The molecule has 2 atom stereocenters. The first-order chi connectivity index (χ1) is 6.27. The molecule has 0 spiro atoms. The fourth-order valence-corrected chi connectivity index (χ4v) is 2.17. The molecule has 1 heterocycles. The third-order valence-corrected chi connectivity index (χ3v) is 2.73. The lowest BCUT2D eigenvalue weighted by Gasteiger charge is -2.12. The van der Waals surface area contributed by atoms with Crippen LogP contribution in [0.15, 0.2) is 18.3 Å². The molecular formula is C11H16N2. The third-order valence-electron chi connectivity index (χ3n) is 2.73. The number of nitrogens with zero attached hydrogens (tertiary/aromatic N) is 1. The summed E-state index contributed by atoms with van der Waals surface area (Å²) in [5, 5.41) is 0. The number of rotatable bonds is 2. The maximum atomic E-state index is 5.80. The zero-order chi connectivity index (χ0) is 9.26. The van der Waals surface area contributed by atoms with Gasteiger partial charge >= 0.3 is 0 Å². The number of aryl methyl sites for hydroxylation is 1. The van der Waals surface area contributed by atoms with Gasteiger partial charge in [-0.3, -0.25) is 4.98 Å². The molecule has 2 rings (SSSR count). The fraction of sp³-hybridized carbons (Fsp3) is 0.545. The first-order valence-corrected chi connectivity index (χ1v) is 4.96. The molecule has 0 radical (unpaired) electrons. The van der Waals surface area contributed by atoms with Gasteiger partial charge in [0.25, 0.3) is 0 Å². The summed E-state index contributed by atoms with van der Waals surface area (Å²) in [7, 11) is 0. The van der Waals surface area contributed by atoms with Crippen molar-refractivity contribution in [1.82, 2.24) is 4.98 Å². The first-order valence-electron chi connectivity index (χ1n) is 4.96. The molecule has 0 amide bonds. The Balaban J connectivity index is 2.18. The van der Waals surface area contributed by atoms with Gasteiger partial charge in [0, 0.05) is 23.9 Å². The van der Waals surface area contributed by atoms with Gasteiger partial charge in [0.1, 0.15) is 0 Å². The van der Waals surface area contributed by atoms with Crippen LogP contribution in [-0.2, 0) is 6.42 Å². The lowest BCUT2D eigenvalue weighted by molar-refractivity contribution is 0.542. The van der Waals surface area contributed by atoms with Gasteiger partial charge in [-0.25, -0.2) is 0 Å². The normalized spacial score (nSPS) is 22.8. The lowest BCUT2D eigenvalue weighted by atomic mass is 9.99. The Bertz CT molecular complexity index is 294. The molecule has 0 aromatic carbocycles. The highest BCUT2D eigenvalue weighted by Gasteiger charge is 2.23. The van der Waals surface area contributed by atoms with Gasteiger partial charge in [0.05, 0.1) is 0 Å². The molecule has 13 heavy (non-hydrogen) atoms. The predicted octanol–water partition coefficient (Wildman–Crippen LogP) is 1.85. The number of pyridine rings is 1. The average Bonchev–Trinajstić information content (AvgIpc) is 2.48. The number of aromatic nitrogens is 1. The van der Waals surface area contributed by atoms with Crippen molar-refractivity contribution in [2.24, 2.45) is 5.73 Å². The zero-order valence-electron chi connectivity index (χ0n) is 8.03. The third kappa shape index (κ3) is 1.73. The van der Waals surface area contributed by atoms with Crippen LogP contribution in [0.4, 0.5) is 0 Å². The SMILES string of the molecule is CC(N)CC1CCc2cccnc21. The van der Waals surface area contributed by atoms with E-state index in [9.17, 15) is 0 Å². The van der Waals surface area contributed by atoms with Gasteiger partial charge < -0.3 is 5.73 Å². The fourth-order valence-electron chi connectivity index (χ4n) is 2.17. The monoisotopic (exact) mass is 176 g/mol. The van der Waals surface area contributed by atoms with Crippen LogP contribution < -0.4 is 5.73 Å². The molecule has 1 aliphatic carbocycles. The van der Waals surface area contributed by atoms with E-state index in [2.05, 4.69) is 18.0 Å². The summed E-state index contributed by atoms with van der Waals surface area (Å²) >= 11 is 0. The number of fused-ring (bicyclic) bond motifs is 1. The Morgan fingerprint density at radius 2 is 2.54 bits per heavy atom. The van der Waals surface area contributed by atoms with Gasteiger partial charge in [-0.2, -0.15) is 0 Å². The summed E-state index contributed by atoms with van der Waals surface area (Å²) in [5.74, 6) is 0.608. The molecular weight excluding hydrogens is 160 g/mol. The molecule has 2 unspecified atom stereocenters. The highest BCUT2D eigenvalue weighted by Crippen LogP contribution is 2.33. The molecule has 70 valence electrons. The second-order valence-electron chi connectivity index (χ2n) is 4.00. The van der Waals surface area contributed by atoms with Crippen LogP contribution in [0.25, 0.3) is 0 Å². The Labute approximate surface area is 79.2 Å². The van der Waals surface area contributed by atoms with Crippen molar-refractivity contribution in [3.63, 3.8) is 0 Å². The standard InChI is InChI=1S/C11H16N2/c1-8(12)7-10-5-4-9-3-2-6-13-11(9)10/h2-3,6,8,10H,4-5,7,12H2,1H3. The van der Waals surface area contributed by atoms with Crippen LogP contribution in [0.1, 0.15) is 36.9 Å². The summed E-state index contributed by atoms with van der Waals surface area (Å²) in [6.45, 7) is 2.07. The Kier molecular flexibility index (Phi) is 2.32. The van der Waals surface area contributed by atoms with E-state index in [4.69, 9.17) is 5.73 Å². The van der Waals surface area contributed by atoms with Crippen LogP contribution in [0.5, 0.6) is 0 Å². The van der Waals surface area contributed by atoms with E-state index < -0.39 is 0 Å². The minimum absolute atomic E-state index is 0.290. The molecule has 0 saturated heterocycles. The summed E-state index contributed by atoms with van der Waals surface area (Å²) in [4.78, 5) is 4.44. The van der Waals surface area contributed by atoms with Crippen molar-refractivity contribution in [3.05, 3.63) is 29.6 Å². The quantitative estimate of drug-likeness (QED) is 0.747. The summed E-state index contributed by atoms with van der Waals surface area (Å²) in [6.07, 6.45) is 5.37. The van der Waals surface area contributed by atoms with Gasteiger partial charge in [-0.1, -0.05) is 6.07 Å². The van der Waals surface area contributed by atoms with Gasteiger partial charge in [-0.05, 0) is 37.8 Å². The molecule has 2 nitrogen and oxygen atoms in total. The molecule has 0 fully saturated rings. The second-order valence-corrected chi connectivity index (χ2v) is 4.00. The van der Waals surface area contributed by atoms with Crippen molar-refractivity contribution >= 4 is 0 Å². The maximum absolute atomic E-state index is 5.80. The van der Waals surface area contributed by atoms with Crippen LogP contribution >= 0.6 is 0 Å². The minimum atomic E-state index is 0.290. The van der Waals surface area contributed by atoms with Gasteiger partial charge in [0.2, 0.25) is 0 Å². The average molecular weight is 176 g/mol. The highest BCUT2D eigenvalue weighted by atomic mass is 14.7. The van der Waals surface area contributed by atoms with E-state index >= 15 is 0 Å². The largest absolute Gasteiger partial charge is 0.328 e. The predicted molar refractivity (Wildman–Crippen MR) is 53.6 cm³/mol. The van der Waals surface area contributed by atoms with E-state index in [1.54, 1.807) is 0 Å². The van der Waals surface area contributed by atoms with Crippen molar-refractivity contribution in [2.45, 2.75) is 38.1 Å². The molecule has 0 aliphatic heterocycles. The maximum Gasteiger partial charge on any atom is 0.0467 e. The summed E-state index contributed by atoms with van der Waals surface area (Å²) < 4.78 is 0. The van der Waals surface area contributed by atoms with Crippen molar-refractivity contribution in [1.29, 1.82) is 0 Å². The van der Waals surface area contributed by atoms with Gasteiger partial charge in [-0.15, -0.1) is 0 Å². The van der Waals surface area contributed by atoms with Crippen molar-refractivity contribution < 1.29 is 0 Å². The minimum Gasteiger partial charge on any atom is -0.328 e. The van der Waals surface area contributed by atoms with Crippen LogP contribution in [0.2, 0.25) is 0 Å². The summed E-state index contributed by atoms with van der Waals surface area (Å²) in [5.41, 5.74) is 8.52. The topological polar surface area (TPSA) is 38.9 Å². The summed E-state index contributed by atoms with van der Waals surface area (Å²) in [6, 6.07) is 4.49. The molecule has 0 saturated carbocycles. The van der Waals surface area contributed by atoms with Gasteiger partial charge in [0.15, 0.2) is 0 Å². The van der Waals surface area contributed by atoms with Crippen molar-refractivity contribution in [3.8, 4) is 0 Å². The lowest BCUT2D eigenvalue weighted by Crippen LogP contribution is -2.18. The zero-order valence-corrected chi connectivity index (χ0v) is 8.03. The second kappa shape index (κ2) is 3.46. The molecule has 2 N–H and O–H groups in total. The molecule has 1 aromatic heterocycles. The Morgan fingerprint density at radius 3 is 3.31 bits per heavy atom. The van der Waals surface area contributed by atoms with Crippen LogP contribution in [0.3, 0.4) is 0 Å². The van der Waals surface area contributed by atoms with E-state index in [0.717, 1.165) is 6.42 Å². The number of nitrogens with two attached hydrogens (primary N) is 1. The van der Waals surface area contributed by atoms with E-state index in [0.29, 0.717) is 5.92 Å². The molecule has 0 bridgehead atoms. The molecule has 1 aromatic rings. The number of hydrogen-bond donors (Lipinski definition) is 1. The van der Waals surface area contributed by atoms with E-state index in [-0.39, 0.29) is 6.04 Å². The Morgan fingerprint density at radius 1 is 1.69 bits per heavy atom.